The zero-order valence-electron chi connectivity index (χ0n) is 9.20. The Morgan fingerprint density at radius 2 is 1.88 bits per heavy atom. The summed E-state index contributed by atoms with van der Waals surface area (Å²) in [5.74, 6) is -1.45. The standard InChI is InChI=1S/C10H14F3N3O/c11-10(12,13)9-15-8(17-16-9)6-4-2-1-3-5-7(6)14/h6-7H,1-5,14H2. The molecule has 0 aromatic carbocycles. The monoisotopic (exact) mass is 249 g/mol. The van der Waals surface area contributed by atoms with Crippen molar-refractivity contribution >= 4 is 0 Å². The minimum absolute atomic E-state index is 0.0201. The zero-order chi connectivity index (χ0) is 12.5. The summed E-state index contributed by atoms with van der Waals surface area (Å²) in [4.78, 5) is 3.41. The third-order valence-electron chi connectivity index (χ3n) is 3.08. The molecule has 1 aromatic rings. The highest BCUT2D eigenvalue weighted by Crippen LogP contribution is 2.32. The Bertz CT molecular complexity index is 377. The number of nitrogens with zero attached hydrogens (tertiary/aromatic N) is 2. The summed E-state index contributed by atoms with van der Waals surface area (Å²) >= 11 is 0. The molecule has 0 aliphatic heterocycles. The number of rotatable bonds is 1. The van der Waals surface area contributed by atoms with Crippen LogP contribution in [0.5, 0.6) is 0 Å². The number of halogens is 3. The van der Waals surface area contributed by atoms with E-state index >= 15 is 0 Å². The van der Waals surface area contributed by atoms with Crippen molar-refractivity contribution in [2.75, 3.05) is 0 Å². The van der Waals surface area contributed by atoms with Crippen LogP contribution in [-0.2, 0) is 6.18 Å². The number of alkyl halides is 3. The van der Waals surface area contributed by atoms with Crippen LogP contribution in [0.4, 0.5) is 13.2 Å². The van der Waals surface area contributed by atoms with Crippen LogP contribution in [0.1, 0.15) is 49.7 Å². The van der Waals surface area contributed by atoms with E-state index in [-0.39, 0.29) is 17.9 Å². The Morgan fingerprint density at radius 1 is 1.18 bits per heavy atom. The molecule has 7 heteroatoms. The van der Waals surface area contributed by atoms with Crippen LogP contribution in [0.15, 0.2) is 4.52 Å². The van der Waals surface area contributed by atoms with Gasteiger partial charge in [-0.05, 0) is 12.8 Å². The molecule has 1 saturated carbocycles. The number of aromatic nitrogens is 2. The maximum atomic E-state index is 12.3. The van der Waals surface area contributed by atoms with Crippen LogP contribution in [-0.4, -0.2) is 16.2 Å². The average molecular weight is 249 g/mol. The lowest BCUT2D eigenvalue weighted by atomic mass is 9.95. The van der Waals surface area contributed by atoms with Crippen LogP contribution in [0.25, 0.3) is 0 Å². The Hall–Kier alpha value is -1.11. The van der Waals surface area contributed by atoms with E-state index in [0.717, 1.165) is 25.7 Å². The smallest absolute Gasteiger partial charge is 0.339 e. The molecule has 1 heterocycles. The fourth-order valence-corrected chi connectivity index (χ4v) is 2.14. The highest BCUT2D eigenvalue weighted by atomic mass is 19.4. The Kier molecular flexibility index (Phi) is 3.37. The maximum Gasteiger partial charge on any atom is 0.455 e. The molecule has 1 aromatic heterocycles. The molecule has 0 bridgehead atoms. The first-order valence-corrected chi connectivity index (χ1v) is 5.65. The zero-order valence-corrected chi connectivity index (χ0v) is 9.20. The van der Waals surface area contributed by atoms with E-state index < -0.39 is 12.0 Å². The molecule has 96 valence electrons. The largest absolute Gasteiger partial charge is 0.455 e. The van der Waals surface area contributed by atoms with Gasteiger partial charge in [0.1, 0.15) is 0 Å². The number of hydrogen-bond donors (Lipinski definition) is 1. The summed E-state index contributed by atoms with van der Waals surface area (Å²) in [5, 5.41) is 2.96. The number of nitrogens with two attached hydrogens (primary N) is 1. The van der Waals surface area contributed by atoms with E-state index in [1.165, 1.54) is 0 Å². The summed E-state index contributed by atoms with van der Waals surface area (Å²) in [6.45, 7) is 0. The third kappa shape index (κ3) is 2.77. The van der Waals surface area contributed by atoms with Crippen LogP contribution in [0.3, 0.4) is 0 Å². The Morgan fingerprint density at radius 3 is 2.53 bits per heavy atom. The molecule has 1 fully saturated rings. The van der Waals surface area contributed by atoms with Gasteiger partial charge in [0, 0.05) is 6.04 Å². The molecular formula is C10H14F3N3O. The molecule has 0 radical (unpaired) electrons. The maximum absolute atomic E-state index is 12.3. The molecule has 2 rings (SSSR count). The van der Waals surface area contributed by atoms with Crippen LogP contribution >= 0.6 is 0 Å². The molecule has 0 saturated heterocycles. The van der Waals surface area contributed by atoms with Crippen molar-refractivity contribution in [3.63, 3.8) is 0 Å². The predicted molar refractivity (Wildman–Crippen MR) is 53.1 cm³/mol. The van der Waals surface area contributed by atoms with Gasteiger partial charge in [-0.3, -0.25) is 0 Å². The van der Waals surface area contributed by atoms with E-state index in [1.807, 2.05) is 0 Å². The van der Waals surface area contributed by atoms with Gasteiger partial charge in [-0.15, -0.1) is 0 Å². The first kappa shape index (κ1) is 12.3. The molecule has 2 atom stereocenters. The van der Waals surface area contributed by atoms with Crippen molar-refractivity contribution in [2.45, 2.75) is 50.2 Å². The molecule has 0 spiro atoms. The van der Waals surface area contributed by atoms with E-state index in [1.54, 1.807) is 0 Å². The van der Waals surface area contributed by atoms with Crippen molar-refractivity contribution in [2.24, 2.45) is 5.73 Å². The van der Waals surface area contributed by atoms with Gasteiger partial charge in [-0.2, -0.15) is 18.2 Å². The van der Waals surface area contributed by atoms with Crippen LogP contribution in [0.2, 0.25) is 0 Å². The topological polar surface area (TPSA) is 64.9 Å². The number of hydrogen-bond acceptors (Lipinski definition) is 4. The van der Waals surface area contributed by atoms with E-state index in [2.05, 4.69) is 10.1 Å². The molecule has 0 amide bonds. The van der Waals surface area contributed by atoms with Crippen molar-refractivity contribution in [3.8, 4) is 0 Å². The van der Waals surface area contributed by atoms with E-state index in [9.17, 15) is 13.2 Å². The van der Waals surface area contributed by atoms with Crippen molar-refractivity contribution in [1.29, 1.82) is 0 Å². The highest BCUT2D eigenvalue weighted by Gasteiger charge is 2.38. The Balaban J connectivity index is 2.18. The second-order valence-electron chi connectivity index (χ2n) is 4.36. The third-order valence-corrected chi connectivity index (χ3v) is 3.08. The fraction of sp³-hybridized carbons (Fsp3) is 0.800. The highest BCUT2D eigenvalue weighted by molar-refractivity contribution is 5.01. The van der Waals surface area contributed by atoms with Gasteiger partial charge in [-0.1, -0.05) is 24.4 Å². The first-order chi connectivity index (χ1) is 7.98. The lowest BCUT2D eigenvalue weighted by Gasteiger charge is -2.16. The van der Waals surface area contributed by atoms with Gasteiger partial charge in [0.15, 0.2) is 0 Å². The SMILES string of the molecule is NC1CCCCCC1c1nc(C(F)(F)F)no1. The van der Waals surface area contributed by atoms with Gasteiger partial charge in [0.05, 0.1) is 5.92 Å². The molecule has 1 aliphatic rings. The molecule has 2 unspecified atom stereocenters. The van der Waals surface area contributed by atoms with Gasteiger partial charge in [0.25, 0.3) is 5.82 Å². The lowest BCUT2D eigenvalue weighted by molar-refractivity contribution is -0.146. The minimum Gasteiger partial charge on any atom is -0.339 e. The first-order valence-electron chi connectivity index (χ1n) is 5.65. The van der Waals surface area contributed by atoms with Gasteiger partial charge < -0.3 is 10.3 Å². The summed E-state index contributed by atoms with van der Waals surface area (Å²) in [6.07, 6.45) is -0.0872. The summed E-state index contributed by atoms with van der Waals surface area (Å²) in [7, 11) is 0. The van der Waals surface area contributed by atoms with Crippen molar-refractivity contribution < 1.29 is 17.7 Å². The van der Waals surface area contributed by atoms with Crippen molar-refractivity contribution in [3.05, 3.63) is 11.7 Å². The normalized spacial score (nSPS) is 26.8. The quantitative estimate of drug-likeness (QED) is 0.776. The predicted octanol–water partition coefficient (Wildman–Crippen LogP) is 2.46. The fourth-order valence-electron chi connectivity index (χ4n) is 2.14. The second kappa shape index (κ2) is 4.64. The van der Waals surface area contributed by atoms with Gasteiger partial charge in [0.2, 0.25) is 5.89 Å². The minimum atomic E-state index is -4.56. The molecule has 1 aliphatic carbocycles. The van der Waals surface area contributed by atoms with E-state index in [4.69, 9.17) is 10.3 Å². The van der Waals surface area contributed by atoms with E-state index in [0.29, 0.717) is 6.42 Å². The summed E-state index contributed by atoms with van der Waals surface area (Å²) in [6, 6.07) is -0.195. The molecule has 4 nitrogen and oxygen atoms in total. The lowest BCUT2D eigenvalue weighted by Crippen LogP contribution is -2.27. The average Bonchev–Trinajstić information content (AvgIpc) is 2.63. The van der Waals surface area contributed by atoms with Crippen LogP contribution < -0.4 is 5.73 Å². The van der Waals surface area contributed by atoms with Gasteiger partial charge >= 0.3 is 6.18 Å². The van der Waals surface area contributed by atoms with Crippen molar-refractivity contribution in [1.82, 2.24) is 10.1 Å². The summed E-state index contributed by atoms with van der Waals surface area (Å²) in [5.41, 5.74) is 5.92. The molecule has 17 heavy (non-hydrogen) atoms. The summed E-state index contributed by atoms with van der Waals surface area (Å²) < 4.78 is 41.7. The molecule has 2 N–H and O–H groups in total. The second-order valence-corrected chi connectivity index (χ2v) is 4.36. The Labute approximate surface area is 96.4 Å². The van der Waals surface area contributed by atoms with Gasteiger partial charge in [-0.25, -0.2) is 0 Å². The molecular weight excluding hydrogens is 235 g/mol. The van der Waals surface area contributed by atoms with Crippen LogP contribution in [0, 0.1) is 0 Å².